The number of carboxylic acid groups (broad SMARTS) is 1. The second kappa shape index (κ2) is 11.2. The van der Waals surface area contributed by atoms with Gasteiger partial charge >= 0.3 is 18.2 Å². The first kappa shape index (κ1) is 26.0. The van der Waals surface area contributed by atoms with Gasteiger partial charge in [-0.1, -0.05) is 48.5 Å². The highest BCUT2D eigenvalue weighted by Gasteiger charge is 2.45. The Bertz CT molecular complexity index is 1030. The molecule has 0 radical (unpaired) electrons. The van der Waals surface area contributed by atoms with E-state index >= 15 is 0 Å². The standard InChI is InChI=1S/C24H25F3N2O6/c1-34-14(10-21(30)28-12-20(22(31)32)24(25,26)27)11-29-23(33)35-13-19-17-8-4-2-6-15(17)16-7-3-5-9-18(16)19/h2-9,14,19-20H,10-13H2,1H3,(H,28,30)(H,29,33)(H,31,32). The molecule has 0 heterocycles. The smallest absolute Gasteiger partial charge is 0.407 e. The zero-order valence-corrected chi connectivity index (χ0v) is 18.8. The third-order valence-corrected chi connectivity index (χ3v) is 5.76. The third-order valence-electron chi connectivity index (χ3n) is 5.76. The van der Waals surface area contributed by atoms with Gasteiger partial charge in [-0.2, -0.15) is 13.2 Å². The fraction of sp³-hybridized carbons (Fsp3) is 0.375. The van der Waals surface area contributed by atoms with Gasteiger partial charge in [-0.15, -0.1) is 0 Å². The number of halogens is 3. The minimum atomic E-state index is -4.99. The van der Waals surface area contributed by atoms with Crippen LogP contribution >= 0.6 is 0 Å². The number of alkyl halides is 3. The lowest BCUT2D eigenvalue weighted by Gasteiger charge is -2.19. The number of methoxy groups -OCH3 is 1. The Balaban J connectivity index is 1.47. The first-order valence-corrected chi connectivity index (χ1v) is 10.8. The van der Waals surface area contributed by atoms with Gasteiger partial charge in [0.15, 0.2) is 5.92 Å². The zero-order chi connectivity index (χ0) is 25.6. The normalized spacial score (nSPS) is 14.4. The average Bonchev–Trinajstić information content (AvgIpc) is 3.13. The van der Waals surface area contributed by atoms with Crippen molar-refractivity contribution in [1.29, 1.82) is 0 Å². The lowest BCUT2D eigenvalue weighted by molar-refractivity contribution is -0.192. The predicted octanol–water partition coefficient (Wildman–Crippen LogP) is 3.31. The van der Waals surface area contributed by atoms with Crippen molar-refractivity contribution in [2.24, 2.45) is 5.92 Å². The fourth-order valence-electron chi connectivity index (χ4n) is 3.92. The van der Waals surface area contributed by atoms with Crippen molar-refractivity contribution >= 4 is 18.0 Å². The second-order valence-corrected chi connectivity index (χ2v) is 8.00. The number of nitrogens with one attached hydrogen (secondary N) is 2. The topological polar surface area (TPSA) is 114 Å². The van der Waals surface area contributed by atoms with Crippen LogP contribution in [0.3, 0.4) is 0 Å². The summed E-state index contributed by atoms with van der Waals surface area (Å²) in [5, 5.41) is 13.1. The third kappa shape index (κ3) is 6.50. The molecule has 11 heteroatoms. The number of hydrogen-bond donors (Lipinski definition) is 3. The van der Waals surface area contributed by atoms with Crippen LogP contribution in [0.2, 0.25) is 0 Å². The summed E-state index contributed by atoms with van der Waals surface area (Å²) in [6.07, 6.45) is -6.97. The van der Waals surface area contributed by atoms with Crippen LogP contribution in [0.1, 0.15) is 23.5 Å². The van der Waals surface area contributed by atoms with Gasteiger partial charge in [0.2, 0.25) is 5.91 Å². The Hall–Kier alpha value is -3.60. The summed E-state index contributed by atoms with van der Waals surface area (Å²) in [4.78, 5) is 34.9. The molecule has 0 fully saturated rings. The van der Waals surface area contributed by atoms with E-state index in [4.69, 9.17) is 14.6 Å². The van der Waals surface area contributed by atoms with E-state index in [0.717, 1.165) is 22.3 Å². The van der Waals surface area contributed by atoms with Gasteiger partial charge in [0.1, 0.15) is 6.61 Å². The number of hydrogen-bond acceptors (Lipinski definition) is 5. The molecule has 1 aliphatic carbocycles. The van der Waals surface area contributed by atoms with E-state index < -0.39 is 42.7 Å². The highest BCUT2D eigenvalue weighted by atomic mass is 19.4. The quantitative estimate of drug-likeness (QED) is 0.467. The van der Waals surface area contributed by atoms with Gasteiger partial charge in [-0.3, -0.25) is 9.59 Å². The number of carboxylic acids is 1. The number of alkyl carbamates (subject to hydrolysis) is 1. The molecule has 2 aromatic rings. The van der Waals surface area contributed by atoms with Crippen LogP contribution in [-0.2, 0) is 19.1 Å². The molecule has 8 nitrogen and oxygen atoms in total. The van der Waals surface area contributed by atoms with Crippen molar-refractivity contribution in [3.8, 4) is 11.1 Å². The van der Waals surface area contributed by atoms with Crippen molar-refractivity contribution in [2.75, 3.05) is 26.8 Å². The van der Waals surface area contributed by atoms with Crippen LogP contribution < -0.4 is 10.6 Å². The Kier molecular flexibility index (Phi) is 8.34. The maximum Gasteiger partial charge on any atom is 0.407 e. The number of ether oxygens (including phenoxy) is 2. The van der Waals surface area contributed by atoms with E-state index in [2.05, 4.69) is 5.32 Å². The molecule has 0 aliphatic heterocycles. The molecule has 2 amide bonds. The van der Waals surface area contributed by atoms with Crippen LogP contribution in [0.4, 0.5) is 18.0 Å². The van der Waals surface area contributed by atoms with Crippen LogP contribution in [0.15, 0.2) is 48.5 Å². The van der Waals surface area contributed by atoms with Crippen molar-refractivity contribution in [2.45, 2.75) is 24.6 Å². The van der Waals surface area contributed by atoms with E-state index in [-0.39, 0.29) is 25.5 Å². The molecular weight excluding hydrogens is 469 g/mol. The van der Waals surface area contributed by atoms with Gasteiger partial charge in [0.25, 0.3) is 0 Å². The van der Waals surface area contributed by atoms with E-state index in [1.165, 1.54) is 7.11 Å². The van der Waals surface area contributed by atoms with Gasteiger partial charge in [0, 0.05) is 26.1 Å². The first-order chi connectivity index (χ1) is 16.6. The zero-order valence-electron chi connectivity index (χ0n) is 18.8. The Morgan fingerprint density at radius 2 is 1.54 bits per heavy atom. The molecule has 2 atom stereocenters. The average molecular weight is 494 g/mol. The van der Waals surface area contributed by atoms with E-state index in [1.807, 2.05) is 53.8 Å². The molecule has 35 heavy (non-hydrogen) atoms. The maximum atomic E-state index is 12.7. The van der Waals surface area contributed by atoms with Crippen molar-refractivity contribution in [3.05, 3.63) is 59.7 Å². The number of aliphatic carboxylic acids is 1. The summed E-state index contributed by atoms with van der Waals surface area (Å²) < 4.78 is 48.6. The number of amides is 2. The molecule has 0 saturated carbocycles. The van der Waals surface area contributed by atoms with Gasteiger partial charge in [-0.25, -0.2) is 4.79 Å². The molecule has 0 bridgehead atoms. The van der Waals surface area contributed by atoms with E-state index in [1.54, 1.807) is 0 Å². The minimum Gasteiger partial charge on any atom is -0.481 e. The van der Waals surface area contributed by atoms with E-state index in [9.17, 15) is 27.6 Å². The molecular formula is C24H25F3N2O6. The molecule has 2 unspecified atom stereocenters. The highest BCUT2D eigenvalue weighted by Crippen LogP contribution is 2.44. The summed E-state index contributed by atoms with van der Waals surface area (Å²) in [7, 11) is 1.27. The Morgan fingerprint density at radius 1 is 0.971 bits per heavy atom. The molecule has 0 aromatic heterocycles. The molecule has 3 rings (SSSR count). The van der Waals surface area contributed by atoms with Crippen LogP contribution in [0.5, 0.6) is 0 Å². The summed E-state index contributed by atoms with van der Waals surface area (Å²) in [6.45, 7) is -1.15. The van der Waals surface area contributed by atoms with Crippen molar-refractivity contribution in [1.82, 2.24) is 10.6 Å². The predicted molar refractivity (Wildman–Crippen MR) is 119 cm³/mol. The number of rotatable bonds is 10. The minimum absolute atomic E-state index is 0.0893. The SMILES string of the molecule is COC(CNC(=O)OCC1c2ccccc2-c2ccccc21)CC(=O)NCC(C(=O)O)C(F)(F)F. The summed E-state index contributed by atoms with van der Waals surface area (Å²) in [5.41, 5.74) is 4.26. The van der Waals surface area contributed by atoms with Crippen molar-refractivity contribution in [3.63, 3.8) is 0 Å². The number of benzene rings is 2. The van der Waals surface area contributed by atoms with Crippen LogP contribution in [0, 0.1) is 5.92 Å². The molecule has 3 N–H and O–H groups in total. The first-order valence-electron chi connectivity index (χ1n) is 10.8. The lowest BCUT2D eigenvalue weighted by Crippen LogP contribution is -2.43. The van der Waals surface area contributed by atoms with Crippen molar-refractivity contribution < 1.29 is 42.1 Å². The van der Waals surface area contributed by atoms with Gasteiger partial charge < -0.3 is 25.2 Å². The largest absolute Gasteiger partial charge is 0.481 e. The molecule has 188 valence electrons. The maximum absolute atomic E-state index is 12.7. The van der Waals surface area contributed by atoms with E-state index in [0.29, 0.717) is 0 Å². The molecule has 0 saturated heterocycles. The lowest BCUT2D eigenvalue weighted by atomic mass is 9.98. The Labute approximate surface area is 199 Å². The monoisotopic (exact) mass is 494 g/mol. The molecule has 1 aliphatic rings. The summed E-state index contributed by atoms with van der Waals surface area (Å²) in [5.74, 6) is -5.78. The number of carbonyl (C=O) groups is 3. The Morgan fingerprint density at radius 3 is 2.06 bits per heavy atom. The van der Waals surface area contributed by atoms with Crippen LogP contribution in [-0.4, -0.2) is 62.2 Å². The summed E-state index contributed by atoms with van der Waals surface area (Å²) >= 11 is 0. The van der Waals surface area contributed by atoms with Crippen LogP contribution in [0.25, 0.3) is 11.1 Å². The fourth-order valence-corrected chi connectivity index (χ4v) is 3.92. The number of fused-ring (bicyclic) bond motifs is 3. The summed E-state index contributed by atoms with van der Waals surface area (Å²) in [6, 6.07) is 15.7. The number of carbonyl (C=O) groups excluding carboxylic acids is 2. The molecule has 0 spiro atoms. The van der Waals surface area contributed by atoms with Gasteiger partial charge in [0.05, 0.1) is 12.5 Å². The second-order valence-electron chi connectivity index (χ2n) is 8.00. The highest BCUT2D eigenvalue weighted by molar-refractivity contribution is 5.79. The van der Waals surface area contributed by atoms with Gasteiger partial charge in [-0.05, 0) is 22.3 Å². The molecule has 2 aromatic carbocycles.